The first kappa shape index (κ1) is 15.0. The van der Waals surface area contributed by atoms with E-state index in [2.05, 4.69) is 28.9 Å². The molecule has 1 aliphatic rings. The lowest BCUT2D eigenvalue weighted by atomic mass is 10.2. The number of anilines is 1. The summed E-state index contributed by atoms with van der Waals surface area (Å²) in [5.41, 5.74) is 2.52. The van der Waals surface area contributed by atoms with E-state index in [0.29, 0.717) is 29.3 Å². The Balaban J connectivity index is 1.81. The third kappa shape index (κ3) is 3.01. The van der Waals surface area contributed by atoms with E-state index in [4.69, 9.17) is 0 Å². The maximum atomic E-state index is 13.1. The second-order valence-electron chi connectivity index (χ2n) is 5.16. The molecule has 0 bridgehead atoms. The van der Waals surface area contributed by atoms with Gasteiger partial charge in [-0.25, -0.2) is 13.5 Å². The number of hydrogen-bond acceptors (Lipinski definition) is 3. The van der Waals surface area contributed by atoms with E-state index in [1.54, 1.807) is 0 Å². The lowest BCUT2D eigenvalue weighted by Gasteiger charge is -2.20. The van der Waals surface area contributed by atoms with Gasteiger partial charge in [0.1, 0.15) is 11.5 Å². The predicted molar refractivity (Wildman–Crippen MR) is 87.6 cm³/mol. The first-order valence-corrected chi connectivity index (χ1v) is 7.07. The van der Waals surface area contributed by atoms with Crippen LogP contribution in [0.2, 0.25) is 0 Å². The smallest absolute Gasteiger partial charge is 0.280 e. The van der Waals surface area contributed by atoms with Crippen molar-refractivity contribution in [3.05, 3.63) is 72.6 Å². The molecule has 118 valence electrons. The Bertz CT molecular complexity index is 775. The Morgan fingerprint density at radius 3 is 2.74 bits per heavy atom. The van der Waals surface area contributed by atoms with Crippen LogP contribution in [-0.2, 0) is 6.54 Å². The van der Waals surface area contributed by atoms with Crippen LogP contribution in [0.15, 0.2) is 61.5 Å². The Kier molecular flexibility index (Phi) is 3.97. The molecule has 0 amide bonds. The third-order valence-corrected chi connectivity index (χ3v) is 3.51. The zero-order chi connectivity index (χ0) is 16.4. The highest BCUT2D eigenvalue weighted by molar-refractivity contribution is 5.78. The molecule has 4 nitrogen and oxygen atoms in total. The summed E-state index contributed by atoms with van der Waals surface area (Å²) in [5, 5.41) is 10.2. The summed E-state index contributed by atoms with van der Waals surface area (Å²) in [7, 11) is 0. The molecule has 1 aliphatic heterocycles. The van der Waals surface area contributed by atoms with Crippen molar-refractivity contribution in [1.29, 1.82) is 0 Å². The average Bonchev–Trinajstić information content (AvgIpc) is 2.96. The summed E-state index contributed by atoms with van der Waals surface area (Å²) in [5.74, 6) is 0.443. The summed E-state index contributed by atoms with van der Waals surface area (Å²) >= 11 is 0. The Hall–Kier alpha value is -2.89. The van der Waals surface area contributed by atoms with Gasteiger partial charge in [0.2, 0.25) is 0 Å². The predicted octanol–water partition coefficient (Wildman–Crippen LogP) is 3.69. The van der Waals surface area contributed by atoms with Crippen molar-refractivity contribution < 1.29 is 8.78 Å². The second kappa shape index (κ2) is 6.08. The number of hydrogen-bond donors (Lipinski definition) is 2. The highest BCUT2D eigenvalue weighted by Gasteiger charge is 2.25. The Morgan fingerprint density at radius 1 is 1.30 bits per heavy atom. The number of nitrogens with zero attached hydrogens (tertiary/aromatic N) is 2. The molecule has 0 atom stereocenters. The quantitative estimate of drug-likeness (QED) is 0.884. The lowest BCUT2D eigenvalue weighted by Crippen LogP contribution is -2.18. The summed E-state index contributed by atoms with van der Waals surface area (Å²) in [6, 6.07) is 9.83. The van der Waals surface area contributed by atoms with Crippen LogP contribution in [0.3, 0.4) is 0 Å². The van der Waals surface area contributed by atoms with E-state index in [-0.39, 0.29) is 5.70 Å². The van der Waals surface area contributed by atoms with Crippen LogP contribution >= 0.6 is 0 Å². The molecule has 1 aromatic heterocycles. The molecule has 0 saturated heterocycles. The normalized spacial score (nSPS) is 13.3. The highest BCUT2D eigenvalue weighted by atomic mass is 19.3. The van der Waals surface area contributed by atoms with Gasteiger partial charge < -0.3 is 10.6 Å². The van der Waals surface area contributed by atoms with Crippen molar-refractivity contribution in [2.24, 2.45) is 0 Å². The molecule has 2 heterocycles. The Morgan fingerprint density at radius 2 is 2.04 bits per heavy atom. The molecular weight excluding hydrogens is 298 g/mol. The van der Waals surface area contributed by atoms with Gasteiger partial charge in [0, 0.05) is 17.9 Å². The van der Waals surface area contributed by atoms with E-state index < -0.39 is 6.43 Å². The van der Waals surface area contributed by atoms with Crippen molar-refractivity contribution in [3.8, 4) is 0 Å². The van der Waals surface area contributed by atoms with Gasteiger partial charge in [0.15, 0.2) is 0 Å². The van der Waals surface area contributed by atoms with Crippen LogP contribution in [0, 0.1) is 0 Å². The van der Waals surface area contributed by atoms with Crippen molar-refractivity contribution in [2.45, 2.75) is 13.0 Å². The molecule has 0 unspecified atom stereocenters. The number of allylic oxidation sites excluding steroid dienone is 2. The molecular formula is C17H16F2N4. The molecule has 0 aliphatic carbocycles. The van der Waals surface area contributed by atoms with Crippen LogP contribution in [0.1, 0.15) is 11.1 Å². The topological polar surface area (TPSA) is 41.9 Å². The summed E-state index contributed by atoms with van der Waals surface area (Å²) in [4.78, 5) is 0. The van der Waals surface area contributed by atoms with Gasteiger partial charge in [-0.05, 0) is 11.6 Å². The third-order valence-electron chi connectivity index (χ3n) is 3.51. The maximum absolute atomic E-state index is 13.1. The lowest BCUT2D eigenvalue weighted by molar-refractivity contribution is 0.206. The van der Waals surface area contributed by atoms with Crippen LogP contribution in [0.4, 0.5) is 14.6 Å². The first-order chi connectivity index (χ1) is 11.1. The zero-order valence-corrected chi connectivity index (χ0v) is 12.4. The molecule has 1 aromatic carbocycles. The van der Waals surface area contributed by atoms with Crippen LogP contribution in [0.5, 0.6) is 0 Å². The van der Waals surface area contributed by atoms with E-state index in [9.17, 15) is 8.78 Å². The van der Waals surface area contributed by atoms with Gasteiger partial charge in [0.05, 0.1) is 11.8 Å². The molecule has 6 heteroatoms. The fourth-order valence-corrected chi connectivity index (χ4v) is 2.37. The van der Waals surface area contributed by atoms with E-state index in [1.807, 2.05) is 30.3 Å². The minimum Gasteiger partial charge on any atom is -0.381 e. The van der Waals surface area contributed by atoms with Gasteiger partial charge >= 0.3 is 0 Å². The largest absolute Gasteiger partial charge is 0.381 e. The first-order valence-electron chi connectivity index (χ1n) is 7.07. The SMILES string of the molecule is C=C1C=C(C(F)F)n2ncc(C(=C)NCc3ccccc3)c2N1. The molecule has 0 radical (unpaired) electrons. The van der Waals surface area contributed by atoms with Crippen LogP contribution < -0.4 is 10.6 Å². The summed E-state index contributed by atoms with van der Waals surface area (Å²) < 4.78 is 27.4. The van der Waals surface area contributed by atoms with Gasteiger partial charge in [-0.2, -0.15) is 5.10 Å². The highest BCUT2D eigenvalue weighted by Crippen LogP contribution is 2.31. The van der Waals surface area contributed by atoms with Gasteiger partial charge in [0.25, 0.3) is 6.43 Å². The molecule has 0 spiro atoms. The number of fused-ring (bicyclic) bond motifs is 1. The van der Waals surface area contributed by atoms with Crippen molar-refractivity contribution >= 4 is 17.2 Å². The van der Waals surface area contributed by atoms with E-state index >= 15 is 0 Å². The van der Waals surface area contributed by atoms with E-state index in [1.165, 1.54) is 17.0 Å². The van der Waals surface area contributed by atoms with Crippen molar-refractivity contribution in [3.63, 3.8) is 0 Å². The van der Waals surface area contributed by atoms with Gasteiger partial charge in [-0.15, -0.1) is 0 Å². The fourth-order valence-electron chi connectivity index (χ4n) is 2.37. The number of halogens is 2. The number of nitrogens with one attached hydrogen (secondary N) is 2. The van der Waals surface area contributed by atoms with Crippen LogP contribution in [-0.4, -0.2) is 16.2 Å². The number of benzene rings is 1. The Labute approximate surface area is 132 Å². The van der Waals surface area contributed by atoms with Gasteiger partial charge in [-0.1, -0.05) is 43.5 Å². The molecule has 23 heavy (non-hydrogen) atoms. The number of rotatable bonds is 5. The molecule has 2 aromatic rings. The van der Waals surface area contributed by atoms with Gasteiger partial charge in [-0.3, -0.25) is 0 Å². The molecule has 2 N–H and O–H groups in total. The number of aromatic nitrogens is 2. The molecule has 0 saturated carbocycles. The zero-order valence-electron chi connectivity index (χ0n) is 12.4. The minimum absolute atomic E-state index is 0.203. The monoisotopic (exact) mass is 314 g/mol. The van der Waals surface area contributed by atoms with Crippen molar-refractivity contribution in [1.82, 2.24) is 15.1 Å². The minimum atomic E-state index is -2.63. The fraction of sp³-hybridized carbons (Fsp3) is 0.118. The standard InChI is InChI=1S/C17H16F2N4/c1-11-8-15(16(18)19)23-17(22-11)14(10-21-23)12(2)20-9-13-6-4-3-5-7-13/h3-8,10,16,20,22H,1-2,9H2. The summed E-state index contributed by atoms with van der Waals surface area (Å²) in [6.07, 6.45) is 0.164. The molecule has 3 rings (SSSR count). The second-order valence-corrected chi connectivity index (χ2v) is 5.16. The average molecular weight is 314 g/mol. The summed E-state index contributed by atoms with van der Waals surface area (Å²) in [6.45, 7) is 8.27. The number of alkyl halides is 2. The van der Waals surface area contributed by atoms with E-state index in [0.717, 1.165) is 5.56 Å². The van der Waals surface area contributed by atoms with Crippen LogP contribution in [0.25, 0.3) is 11.4 Å². The van der Waals surface area contributed by atoms with Crippen molar-refractivity contribution in [2.75, 3.05) is 5.32 Å². The molecule has 0 fully saturated rings. The maximum Gasteiger partial charge on any atom is 0.280 e.